The Morgan fingerprint density at radius 2 is 2.06 bits per heavy atom. The zero-order chi connectivity index (χ0) is 12.5. The Kier molecular flexibility index (Phi) is 3.04. The van der Waals surface area contributed by atoms with Gasteiger partial charge in [-0.2, -0.15) is 0 Å². The third kappa shape index (κ3) is 2.12. The first-order chi connectivity index (χ1) is 8.74. The molecule has 0 aliphatic carbocycles. The predicted octanol–water partition coefficient (Wildman–Crippen LogP) is 1.89. The SMILES string of the molecule is O=C(Cc1cc(Cl)c2c(c1)OCCO2)N1CCC1. The van der Waals surface area contributed by atoms with Gasteiger partial charge in [0.1, 0.15) is 13.2 Å². The van der Waals surface area contributed by atoms with Crippen molar-refractivity contribution in [1.29, 1.82) is 0 Å². The van der Waals surface area contributed by atoms with Crippen molar-refractivity contribution in [2.45, 2.75) is 12.8 Å². The summed E-state index contributed by atoms with van der Waals surface area (Å²) in [7, 11) is 0. The van der Waals surface area contributed by atoms with Crippen LogP contribution in [0.25, 0.3) is 0 Å². The maximum atomic E-state index is 11.9. The van der Waals surface area contributed by atoms with E-state index in [2.05, 4.69) is 0 Å². The van der Waals surface area contributed by atoms with Gasteiger partial charge in [0.15, 0.2) is 11.5 Å². The van der Waals surface area contributed by atoms with Crippen LogP contribution in [0.5, 0.6) is 11.5 Å². The number of fused-ring (bicyclic) bond motifs is 1. The summed E-state index contributed by atoms with van der Waals surface area (Å²) in [5, 5.41) is 0.513. The number of carbonyl (C=O) groups excluding carboxylic acids is 1. The molecule has 96 valence electrons. The number of benzene rings is 1. The van der Waals surface area contributed by atoms with Crippen molar-refractivity contribution < 1.29 is 14.3 Å². The van der Waals surface area contributed by atoms with Crippen molar-refractivity contribution in [3.63, 3.8) is 0 Å². The van der Waals surface area contributed by atoms with Crippen LogP contribution in [0.1, 0.15) is 12.0 Å². The number of ether oxygens (including phenoxy) is 2. The van der Waals surface area contributed by atoms with Gasteiger partial charge >= 0.3 is 0 Å². The first-order valence-corrected chi connectivity index (χ1v) is 6.47. The highest BCUT2D eigenvalue weighted by Crippen LogP contribution is 2.38. The van der Waals surface area contributed by atoms with E-state index < -0.39 is 0 Å². The number of carbonyl (C=O) groups is 1. The summed E-state index contributed by atoms with van der Waals surface area (Å²) in [4.78, 5) is 13.7. The summed E-state index contributed by atoms with van der Waals surface area (Å²) in [6, 6.07) is 3.63. The molecule has 0 unspecified atom stereocenters. The summed E-state index contributed by atoms with van der Waals surface area (Å²) < 4.78 is 10.9. The molecule has 0 bridgehead atoms. The number of halogens is 1. The molecule has 5 heteroatoms. The Labute approximate surface area is 110 Å². The van der Waals surface area contributed by atoms with Crippen molar-refractivity contribution in [2.24, 2.45) is 0 Å². The van der Waals surface area contributed by atoms with Crippen LogP contribution < -0.4 is 9.47 Å². The average Bonchev–Trinajstić information content (AvgIpc) is 2.26. The molecular weight excluding hydrogens is 254 g/mol. The molecule has 2 aliphatic heterocycles. The summed E-state index contributed by atoms with van der Waals surface area (Å²) in [5.41, 5.74) is 0.876. The highest BCUT2D eigenvalue weighted by molar-refractivity contribution is 6.32. The Hall–Kier alpha value is -1.42. The summed E-state index contributed by atoms with van der Waals surface area (Å²) in [5.74, 6) is 1.37. The number of amides is 1. The number of hydrogen-bond acceptors (Lipinski definition) is 3. The molecule has 18 heavy (non-hydrogen) atoms. The lowest BCUT2D eigenvalue weighted by atomic mass is 10.1. The molecule has 0 radical (unpaired) electrons. The summed E-state index contributed by atoms with van der Waals surface area (Å²) >= 11 is 6.13. The minimum absolute atomic E-state index is 0.147. The quantitative estimate of drug-likeness (QED) is 0.821. The van der Waals surface area contributed by atoms with E-state index in [-0.39, 0.29) is 5.91 Å². The summed E-state index contributed by atoms with van der Waals surface area (Å²) in [6.07, 6.45) is 1.48. The van der Waals surface area contributed by atoms with Gasteiger partial charge in [-0.3, -0.25) is 4.79 Å². The van der Waals surface area contributed by atoms with Crippen LogP contribution in [0.4, 0.5) is 0 Å². The van der Waals surface area contributed by atoms with E-state index in [0.29, 0.717) is 36.2 Å². The van der Waals surface area contributed by atoms with E-state index in [4.69, 9.17) is 21.1 Å². The number of likely N-dealkylation sites (tertiary alicyclic amines) is 1. The predicted molar refractivity (Wildman–Crippen MR) is 67.3 cm³/mol. The van der Waals surface area contributed by atoms with Gasteiger partial charge in [0, 0.05) is 13.1 Å². The van der Waals surface area contributed by atoms with Crippen LogP contribution in [0.15, 0.2) is 12.1 Å². The Bertz CT molecular complexity index is 485. The fourth-order valence-corrected chi connectivity index (χ4v) is 2.41. The van der Waals surface area contributed by atoms with Gasteiger partial charge in [-0.1, -0.05) is 11.6 Å². The van der Waals surface area contributed by atoms with Crippen LogP contribution >= 0.6 is 11.6 Å². The van der Waals surface area contributed by atoms with Gasteiger partial charge in [0.2, 0.25) is 5.91 Å². The first-order valence-electron chi connectivity index (χ1n) is 6.10. The topological polar surface area (TPSA) is 38.8 Å². The number of nitrogens with zero attached hydrogens (tertiary/aromatic N) is 1. The van der Waals surface area contributed by atoms with Crippen LogP contribution in [-0.2, 0) is 11.2 Å². The standard InChI is InChI=1S/C13H14ClNO3/c14-10-6-9(8-12(16)15-2-1-3-15)7-11-13(10)18-5-4-17-11/h6-7H,1-5,8H2. The van der Waals surface area contributed by atoms with Crippen LogP contribution in [0, 0.1) is 0 Å². The lowest BCUT2D eigenvalue weighted by Gasteiger charge is -2.31. The Morgan fingerprint density at radius 1 is 1.28 bits per heavy atom. The molecule has 2 heterocycles. The van der Waals surface area contributed by atoms with Gasteiger partial charge < -0.3 is 14.4 Å². The lowest BCUT2D eigenvalue weighted by Crippen LogP contribution is -2.42. The van der Waals surface area contributed by atoms with Gasteiger partial charge in [-0.05, 0) is 24.1 Å². The van der Waals surface area contributed by atoms with E-state index in [9.17, 15) is 4.79 Å². The second-order valence-corrected chi connectivity index (χ2v) is 4.92. The molecule has 0 atom stereocenters. The second-order valence-electron chi connectivity index (χ2n) is 4.51. The van der Waals surface area contributed by atoms with E-state index in [1.807, 2.05) is 11.0 Å². The average molecular weight is 268 g/mol. The van der Waals surface area contributed by atoms with Gasteiger partial charge in [-0.25, -0.2) is 0 Å². The van der Waals surface area contributed by atoms with Crippen LogP contribution in [0.3, 0.4) is 0 Å². The zero-order valence-electron chi connectivity index (χ0n) is 9.95. The van der Waals surface area contributed by atoms with Gasteiger partial charge in [0.05, 0.1) is 11.4 Å². The fourth-order valence-electron chi connectivity index (χ4n) is 2.12. The first kappa shape index (κ1) is 11.7. The second kappa shape index (κ2) is 4.69. The molecule has 0 spiro atoms. The molecule has 3 rings (SSSR count). The molecule has 4 nitrogen and oxygen atoms in total. The smallest absolute Gasteiger partial charge is 0.226 e. The number of rotatable bonds is 2. The summed E-state index contributed by atoms with van der Waals surface area (Å²) in [6.45, 7) is 2.78. The fraction of sp³-hybridized carbons (Fsp3) is 0.462. The minimum Gasteiger partial charge on any atom is -0.486 e. The van der Waals surface area contributed by atoms with Crippen molar-refractivity contribution in [3.8, 4) is 11.5 Å². The van der Waals surface area contributed by atoms with E-state index in [0.717, 1.165) is 25.1 Å². The molecule has 0 saturated carbocycles. The van der Waals surface area contributed by atoms with E-state index in [1.165, 1.54) is 0 Å². The van der Waals surface area contributed by atoms with E-state index in [1.54, 1.807) is 6.07 Å². The highest BCUT2D eigenvalue weighted by Gasteiger charge is 2.22. The monoisotopic (exact) mass is 267 g/mol. The third-order valence-corrected chi connectivity index (χ3v) is 3.50. The van der Waals surface area contributed by atoms with Crippen molar-refractivity contribution in [3.05, 3.63) is 22.7 Å². The number of hydrogen-bond donors (Lipinski definition) is 0. The molecule has 1 aromatic carbocycles. The molecular formula is C13H14ClNO3. The van der Waals surface area contributed by atoms with Gasteiger partial charge in [-0.15, -0.1) is 0 Å². The normalized spacial score (nSPS) is 17.3. The van der Waals surface area contributed by atoms with Crippen molar-refractivity contribution in [2.75, 3.05) is 26.3 Å². The van der Waals surface area contributed by atoms with Crippen LogP contribution in [0.2, 0.25) is 5.02 Å². The lowest BCUT2D eigenvalue weighted by molar-refractivity contribution is -0.133. The highest BCUT2D eigenvalue weighted by atomic mass is 35.5. The van der Waals surface area contributed by atoms with E-state index >= 15 is 0 Å². The minimum atomic E-state index is 0.147. The van der Waals surface area contributed by atoms with Crippen molar-refractivity contribution >= 4 is 17.5 Å². The maximum Gasteiger partial charge on any atom is 0.226 e. The molecule has 1 amide bonds. The Morgan fingerprint density at radius 3 is 2.78 bits per heavy atom. The van der Waals surface area contributed by atoms with Gasteiger partial charge in [0.25, 0.3) is 0 Å². The zero-order valence-corrected chi connectivity index (χ0v) is 10.7. The van der Waals surface area contributed by atoms with Crippen LogP contribution in [-0.4, -0.2) is 37.1 Å². The maximum absolute atomic E-state index is 11.9. The molecule has 0 aromatic heterocycles. The Balaban J connectivity index is 1.79. The molecule has 1 saturated heterocycles. The molecule has 2 aliphatic rings. The van der Waals surface area contributed by atoms with Crippen molar-refractivity contribution in [1.82, 2.24) is 4.90 Å². The largest absolute Gasteiger partial charge is 0.486 e. The third-order valence-electron chi connectivity index (χ3n) is 3.22. The molecule has 1 fully saturated rings. The molecule has 1 aromatic rings. The molecule has 0 N–H and O–H groups in total.